The van der Waals surface area contributed by atoms with Gasteiger partial charge < -0.3 is 10.4 Å². The molecule has 0 aliphatic carbocycles. The van der Waals surface area contributed by atoms with Crippen molar-refractivity contribution >= 4 is 45.1 Å². The van der Waals surface area contributed by atoms with Gasteiger partial charge in [0, 0.05) is 41.9 Å². The van der Waals surface area contributed by atoms with Crippen LogP contribution in [0, 0.1) is 6.92 Å². The van der Waals surface area contributed by atoms with Gasteiger partial charge in [-0.25, -0.2) is 14.5 Å². The van der Waals surface area contributed by atoms with E-state index in [0.717, 1.165) is 38.8 Å². The molecule has 37 heavy (non-hydrogen) atoms. The van der Waals surface area contributed by atoms with Crippen molar-refractivity contribution in [1.29, 1.82) is 0 Å². The van der Waals surface area contributed by atoms with Crippen molar-refractivity contribution in [2.24, 2.45) is 7.05 Å². The van der Waals surface area contributed by atoms with E-state index in [2.05, 4.69) is 21.5 Å². The van der Waals surface area contributed by atoms with E-state index in [0.29, 0.717) is 35.7 Å². The molecular weight excluding hydrogens is 490 g/mol. The SMILES string of the molecule is CCn1ncc2c3c(CCNc4ccc(Cl)nc4-c4ccc(C(=O)O)cc4)cc(C)cc3c(=O)n(C)c21. The molecule has 0 fully saturated rings. The Kier molecular flexibility index (Phi) is 6.43. The number of anilines is 1. The number of aromatic nitrogens is 4. The van der Waals surface area contributed by atoms with Crippen LogP contribution in [0.3, 0.4) is 0 Å². The lowest BCUT2D eigenvalue weighted by Crippen LogP contribution is -2.20. The number of rotatable bonds is 7. The maximum absolute atomic E-state index is 13.3. The second kappa shape index (κ2) is 9.71. The van der Waals surface area contributed by atoms with Gasteiger partial charge in [-0.3, -0.25) is 9.36 Å². The zero-order valence-electron chi connectivity index (χ0n) is 20.7. The van der Waals surface area contributed by atoms with E-state index in [1.165, 1.54) is 0 Å². The van der Waals surface area contributed by atoms with Gasteiger partial charge in [0.25, 0.3) is 5.56 Å². The number of carboxylic acids is 1. The normalized spacial score (nSPS) is 11.4. The maximum Gasteiger partial charge on any atom is 0.335 e. The van der Waals surface area contributed by atoms with Crippen molar-refractivity contribution in [2.75, 3.05) is 11.9 Å². The Labute approximate surface area is 218 Å². The van der Waals surface area contributed by atoms with Gasteiger partial charge >= 0.3 is 5.97 Å². The molecule has 0 aliphatic rings. The summed E-state index contributed by atoms with van der Waals surface area (Å²) in [6, 6.07) is 14.2. The molecule has 0 radical (unpaired) electrons. The number of benzene rings is 2. The molecule has 2 aromatic carbocycles. The van der Waals surface area contributed by atoms with Crippen molar-refractivity contribution in [2.45, 2.75) is 26.8 Å². The minimum Gasteiger partial charge on any atom is -0.478 e. The van der Waals surface area contributed by atoms with Gasteiger partial charge in [0.1, 0.15) is 10.8 Å². The molecule has 0 unspecified atom stereocenters. The molecule has 0 atom stereocenters. The molecule has 0 spiro atoms. The van der Waals surface area contributed by atoms with E-state index in [1.807, 2.05) is 36.9 Å². The van der Waals surface area contributed by atoms with E-state index >= 15 is 0 Å². The Hall–Kier alpha value is -4.17. The van der Waals surface area contributed by atoms with E-state index in [1.54, 1.807) is 41.9 Å². The molecule has 2 N–H and O–H groups in total. The molecule has 3 aromatic heterocycles. The summed E-state index contributed by atoms with van der Waals surface area (Å²) < 4.78 is 3.52. The molecule has 5 rings (SSSR count). The molecule has 188 valence electrons. The van der Waals surface area contributed by atoms with Crippen LogP contribution in [-0.4, -0.2) is 37.0 Å². The summed E-state index contributed by atoms with van der Waals surface area (Å²) >= 11 is 6.19. The smallest absolute Gasteiger partial charge is 0.335 e. The molecule has 5 aromatic rings. The van der Waals surface area contributed by atoms with E-state index in [9.17, 15) is 14.7 Å². The predicted molar refractivity (Wildman–Crippen MR) is 147 cm³/mol. The topological polar surface area (TPSA) is 102 Å². The van der Waals surface area contributed by atoms with Crippen molar-refractivity contribution in [3.8, 4) is 11.3 Å². The highest BCUT2D eigenvalue weighted by atomic mass is 35.5. The number of aromatic carboxylic acids is 1. The Morgan fingerprint density at radius 2 is 1.86 bits per heavy atom. The standard InChI is InChI=1S/C28H26ClN5O3/c1-4-34-26-21(15-31-34)24-19(13-16(2)14-20(24)27(35)33(26)3)11-12-30-22-9-10-23(29)32-25(22)17-5-7-18(8-6-17)28(36)37/h5-10,13-15,30H,4,11-12H2,1-3H3,(H,36,37). The summed E-state index contributed by atoms with van der Waals surface area (Å²) in [7, 11) is 1.79. The Morgan fingerprint density at radius 3 is 2.57 bits per heavy atom. The first-order valence-corrected chi connectivity index (χ1v) is 12.4. The summed E-state index contributed by atoms with van der Waals surface area (Å²) in [6.45, 7) is 5.26. The number of aryl methyl sites for hydroxylation is 3. The van der Waals surface area contributed by atoms with Gasteiger partial charge in [-0.15, -0.1) is 0 Å². The number of nitrogens with one attached hydrogen (secondary N) is 1. The quantitative estimate of drug-likeness (QED) is 0.286. The molecule has 0 aliphatic heterocycles. The average molecular weight is 516 g/mol. The van der Waals surface area contributed by atoms with Crippen molar-refractivity contribution in [3.63, 3.8) is 0 Å². The average Bonchev–Trinajstić information content (AvgIpc) is 3.32. The summed E-state index contributed by atoms with van der Waals surface area (Å²) in [5.41, 5.74) is 5.24. The van der Waals surface area contributed by atoms with Gasteiger partial charge in [-0.2, -0.15) is 5.10 Å². The molecule has 0 saturated carbocycles. The minimum absolute atomic E-state index is 0.0374. The van der Waals surface area contributed by atoms with Crippen molar-refractivity contribution < 1.29 is 9.90 Å². The summed E-state index contributed by atoms with van der Waals surface area (Å²) in [5, 5.41) is 20.1. The Balaban J connectivity index is 1.50. The van der Waals surface area contributed by atoms with Gasteiger partial charge in [0.05, 0.1) is 23.1 Å². The Morgan fingerprint density at radius 1 is 1.11 bits per heavy atom. The highest BCUT2D eigenvalue weighted by Gasteiger charge is 2.17. The third-order valence-electron chi connectivity index (χ3n) is 6.57. The second-order valence-electron chi connectivity index (χ2n) is 9.00. The maximum atomic E-state index is 13.3. The number of carboxylic acid groups (broad SMARTS) is 1. The highest BCUT2D eigenvalue weighted by Crippen LogP contribution is 2.30. The fourth-order valence-corrected chi connectivity index (χ4v) is 5.01. The fraction of sp³-hybridized carbons (Fsp3) is 0.214. The van der Waals surface area contributed by atoms with E-state index < -0.39 is 5.97 Å². The van der Waals surface area contributed by atoms with E-state index in [4.69, 9.17) is 11.6 Å². The van der Waals surface area contributed by atoms with Crippen LogP contribution in [0.4, 0.5) is 5.69 Å². The number of nitrogens with zero attached hydrogens (tertiary/aromatic N) is 4. The number of halogens is 1. The van der Waals surface area contributed by atoms with Crippen molar-refractivity contribution in [1.82, 2.24) is 19.3 Å². The molecule has 9 heteroatoms. The van der Waals surface area contributed by atoms with Gasteiger partial charge in [-0.05, 0) is 56.2 Å². The van der Waals surface area contributed by atoms with Gasteiger partial charge in [0.2, 0.25) is 0 Å². The molecule has 0 bridgehead atoms. The van der Waals surface area contributed by atoms with Crippen LogP contribution in [0.5, 0.6) is 0 Å². The zero-order chi connectivity index (χ0) is 26.3. The highest BCUT2D eigenvalue weighted by molar-refractivity contribution is 6.29. The molecular formula is C28H26ClN5O3. The van der Waals surface area contributed by atoms with Crippen LogP contribution in [-0.2, 0) is 20.0 Å². The number of fused-ring (bicyclic) bond motifs is 3. The summed E-state index contributed by atoms with van der Waals surface area (Å²) in [5.74, 6) is -0.984. The third-order valence-corrected chi connectivity index (χ3v) is 6.78. The zero-order valence-corrected chi connectivity index (χ0v) is 21.5. The largest absolute Gasteiger partial charge is 0.478 e. The van der Waals surface area contributed by atoms with Crippen LogP contribution in [0.25, 0.3) is 33.1 Å². The number of carbonyl (C=O) groups is 1. The summed E-state index contributed by atoms with van der Waals surface area (Å²) in [6.07, 6.45) is 2.51. The first-order valence-electron chi connectivity index (χ1n) is 12.0. The predicted octanol–water partition coefficient (Wildman–Crippen LogP) is 5.28. The number of hydrogen-bond acceptors (Lipinski definition) is 5. The monoisotopic (exact) mass is 515 g/mol. The lowest BCUT2D eigenvalue weighted by molar-refractivity contribution is 0.0697. The van der Waals surface area contributed by atoms with Crippen LogP contribution < -0.4 is 10.9 Å². The van der Waals surface area contributed by atoms with Gasteiger partial charge in [-0.1, -0.05) is 35.4 Å². The molecule has 3 heterocycles. The first kappa shape index (κ1) is 24.5. The first-order chi connectivity index (χ1) is 17.8. The van der Waals surface area contributed by atoms with Gasteiger partial charge in [0.15, 0.2) is 0 Å². The van der Waals surface area contributed by atoms with E-state index in [-0.39, 0.29) is 11.1 Å². The summed E-state index contributed by atoms with van der Waals surface area (Å²) in [4.78, 5) is 29.0. The fourth-order valence-electron chi connectivity index (χ4n) is 4.86. The molecule has 0 amide bonds. The van der Waals surface area contributed by atoms with Crippen LogP contribution >= 0.6 is 11.6 Å². The second-order valence-corrected chi connectivity index (χ2v) is 9.39. The molecule has 0 saturated heterocycles. The lowest BCUT2D eigenvalue weighted by atomic mass is 9.98. The Bertz CT molecular complexity index is 1720. The van der Waals surface area contributed by atoms with Crippen LogP contribution in [0.2, 0.25) is 5.15 Å². The molecule has 8 nitrogen and oxygen atoms in total. The van der Waals surface area contributed by atoms with Crippen LogP contribution in [0.15, 0.2) is 59.5 Å². The minimum atomic E-state index is -0.984. The van der Waals surface area contributed by atoms with Crippen molar-refractivity contribution in [3.05, 3.63) is 86.9 Å². The van der Waals surface area contributed by atoms with Crippen LogP contribution in [0.1, 0.15) is 28.4 Å². The number of hydrogen-bond donors (Lipinski definition) is 2. The number of pyridine rings is 2. The third kappa shape index (κ3) is 4.44. The lowest BCUT2D eigenvalue weighted by Gasteiger charge is -2.15.